The zero-order valence-electron chi connectivity index (χ0n) is 9.11. The second-order valence-corrected chi connectivity index (χ2v) is 4.26. The number of aryl methyl sites for hydroxylation is 1. The molecule has 2 aromatic rings. The number of aromatic nitrogens is 4. The van der Waals surface area contributed by atoms with Crippen molar-refractivity contribution < 1.29 is 0 Å². The SMILES string of the molecule is Cc1nn(-c2cnc(CN)cn2)c(C)c1Br. The van der Waals surface area contributed by atoms with Crippen LogP contribution in [-0.2, 0) is 6.54 Å². The maximum Gasteiger partial charge on any atom is 0.172 e. The molecule has 0 aliphatic rings. The second-order valence-electron chi connectivity index (χ2n) is 3.47. The van der Waals surface area contributed by atoms with Crippen LogP contribution in [0.2, 0.25) is 0 Å². The van der Waals surface area contributed by atoms with E-state index in [1.165, 1.54) is 0 Å². The number of hydrogen-bond donors (Lipinski definition) is 1. The van der Waals surface area contributed by atoms with Crippen molar-refractivity contribution in [3.8, 4) is 5.82 Å². The molecule has 6 heteroatoms. The Morgan fingerprint density at radius 2 is 2.06 bits per heavy atom. The molecule has 16 heavy (non-hydrogen) atoms. The summed E-state index contributed by atoms with van der Waals surface area (Å²) in [5.74, 6) is 0.698. The molecule has 0 bridgehead atoms. The zero-order valence-corrected chi connectivity index (χ0v) is 10.7. The molecule has 0 fully saturated rings. The van der Waals surface area contributed by atoms with Crippen LogP contribution < -0.4 is 5.73 Å². The third kappa shape index (κ3) is 1.85. The molecule has 2 N–H and O–H groups in total. The molecule has 0 aromatic carbocycles. The first-order valence-corrected chi connectivity index (χ1v) is 5.66. The molecule has 0 spiro atoms. The fourth-order valence-corrected chi connectivity index (χ4v) is 1.66. The highest BCUT2D eigenvalue weighted by atomic mass is 79.9. The van der Waals surface area contributed by atoms with Crippen molar-refractivity contribution in [2.45, 2.75) is 20.4 Å². The van der Waals surface area contributed by atoms with E-state index in [-0.39, 0.29) is 0 Å². The number of halogens is 1. The van der Waals surface area contributed by atoms with Gasteiger partial charge in [-0.3, -0.25) is 4.98 Å². The van der Waals surface area contributed by atoms with Crippen molar-refractivity contribution in [3.63, 3.8) is 0 Å². The molecule has 2 heterocycles. The van der Waals surface area contributed by atoms with E-state index in [9.17, 15) is 0 Å². The lowest BCUT2D eigenvalue weighted by Gasteiger charge is -2.03. The van der Waals surface area contributed by atoms with Crippen molar-refractivity contribution in [1.82, 2.24) is 19.7 Å². The van der Waals surface area contributed by atoms with Gasteiger partial charge in [0.2, 0.25) is 0 Å². The number of nitrogens with two attached hydrogens (primary N) is 1. The highest BCUT2D eigenvalue weighted by Gasteiger charge is 2.11. The Kier molecular flexibility index (Phi) is 3.02. The maximum atomic E-state index is 5.46. The van der Waals surface area contributed by atoms with Gasteiger partial charge in [-0.05, 0) is 29.8 Å². The van der Waals surface area contributed by atoms with E-state index in [2.05, 4.69) is 31.0 Å². The van der Waals surface area contributed by atoms with Crippen molar-refractivity contribution >= 4 is 15.9 Å². The van der Waals surface area contributed by atoms with E-state index < -0.39 is 0 Å². The summed E-state index contributed by atoms with van der Waals surface area (Å²) in [6.45, 7) is 4.31. The predicted molar refractivity (Wildman–Crippen MR) is 64.2 cm³/mol. The van der Waals surface area contributed by atoms with E-state index >= 15 is 0 Å². The van der Waals surface area contributed by atoms with Crippen molar-refractivity contribution in [1.29, 1.82) is 0 Å². The van der Waals surface area contributed by atoms with Gasteiger partial charge in [0.05, 0.1) is 33.9 Å². The Hall–Kier alpha value is -1.27. The Morgan fingerprint density at radius 3 is 2.50 bits per heavy atom. The van der Waals surface area contributed by atoms with Gasteiger partial charge < -0.3 is 5.73 Å². The third-order valence-electron chi connectivity index (χ3n) is 2.32. The molecule has 0 saturated carbocycles. The molecule has 2 rings (SSSR count). The van der Waals surface area contributed by atoms with Gasteiger partial charge in [0, 0.05) is 6.54 Å². The third-order valence-corrected chi connectivity index (χ3v) is 3.47. The fourth-order valence-electron chi connectivity index (χ4n) is 1.41. The summed E-state index contributed by atoms with van der Waals surface area (Å²) in [5.41, 5.74) is 8.17. The molecular formula is C10H12BrN5. The summed E-state index contributed by atoms with van der Waals surface area (Å²) < 4.78 is 2.75. The molecule has 0 amide bonds. The van der Waals surface area contributed by atoms with Crippen LogP contribution in [0, 0.1) is 13.8 Å². The van der Waals surface area contributed by atoms with Gasteiger partial charge >= 0.3 is 0 Å². The Morgan fingerprint density at radius 1 is 1.31 bits per heavy atom. The number of rotatable bonds is 2. The zero-order chi connectivity index (χ0) is 11.7. The standard InChI is InChI=1S/C10H12BrN5/c1-6-10(11)7(2)16(15-6)9-5-13-8(3-12)4-14-9/h4-5H,3,12H2,1-2H3. The number of nitrogens with zero attached hydrogens (tertiary/aromatic N) is 4. The lowest BCUT2D eigenvalue weighted by molar-refractivity contribution is 0.791. The van der Waals surface area contributed by atoms with E-state index in [0.29, 0.717) is 12.4 Å². The summed E-state index contributed by atoms with van der Waals surface area (Å²) in [6, 6.07) is 0. The summed E-state index contributed by atoms with van der Waals surface area (Å²) in [4.78, 5) is 8.46. The molecule has 0 saturated heterocycles. The molecular weight excluding hydrogens is 270 g/mol. The predicted octanol–water partition coefficient (Wildman–Crippen LogP) is 1.50. The maximum absolute atomic E-state index is 5.46. The minimum Gasteiger partial charge on any atom is -0.325 e. The fraction of sp³-hybridized carbons (Fsp3) is 0.300. The Labute approximate surface area is 102 Å². The minimum absolute atomic E-state index is 0.397. The molecule has 0 atom stereocenters. The topological polar surface area (TPSA) is 69.6 Å². The summed E-state index contributed by atoms with van der Waals surface area (Å²) in [6.07, 6.45) is 3.34. The monoisotopic (exact) mass is 281 g/mol. The second kappa shape index (κ2) is 4.31. The van der Waals surface area contributed by atoms with Crippen molar-refractivity contribution in [3.05, 3.63) is 33.9 Å². The highest BCUT2D eigenvalue weighted by Crippen LogP contribution is 2.21. The molecule has 5 nitrogen and oxygen atoms in total. The van der Waals surface area contributed by atoms with Crippen LogP contribution in [0.25, 0.3) is 5.82 Å². The average Bonchev–Trinajstić information content (AvgIpc) is 2.57. The quantitative estimate of drug-likeness (QED) is 0.906. The summed E-state index contributed by atoms with van der Waals surface area (Å²) in [7, 11) is 0. The van der Waals surface area contributed by atoms with Crippen molar-refractivity contribution in [2.24, 2.45) is 5.73 Å². The first-order chi connectivity index (χ1) is 7.63. The van der Waals surface area contributed by atoms with Crippen LogP contribution in [-0.4, -0.2) is 19.7 Å². The molecule has 0 unspecified atom stereocenters. The van der Waals surface area contributed by atoms with Gasteiger partial charge in [0.25, 0.3) is 0 Å². The summed E-state index contributed by atoms with van der Waals surface area (Å²) >= 11 is 3.47. The van der Waals surface area contributed by atoms with Crippen LogP contribution in [0.3, 0.4) is 0 Å². The first kappa shape index (κ1) is 11.2. The summed E-state index contributed by atoms with van der Waals surface area (Å²) in [5, 5.41) is 4.37. The lowest BCUT2D eigenvalue weighted by atomic mass is 10.4. The smallest absolute Gasteiger partial charge is 0.172 e. The molecule has 84 valence electrons. The largest absolute Gasteiger partial charge is 0.325 e. The molecule has 0 radical (unpaired) electrons. The van der Waals surface area contributed by atoms with E-state index in [0.717, 1.165) is 21.6 Å². The normalized spacial score (nSPS) is 10.8. The minimum atomic E-state index is 0.397. The van der Waals surface area contributed by atoms with Gasteiger partial charge in [-0.1, -0.05) is 0 Å². The van der Waals surface area contributed by atoms with Gasteiger partial charge in [0.15, 0.2) is 5.82 Å². The van der Waals surface area contributed by atoms with Crippen LogP contribution in [0.4, 0.5) is 0 Å². The lowest BCUT2D eigenvalue weighted by Crippen LogP contribution is -2.06. The molecule has 0 aliphatic heterocycles. The van der Waals surface area contributed by atoms with E-state index in [4.69, 9.17) is 5.73 Å². The first-order valence-electron chi connectivity index (χ1n) is 4.86. The van der Waals surface area contributed by atoms with E-state index in [1.807, 2.05) is 13.8 Å². The number of hydrogen-bond acceptors (Lipinski definition) is 4. The highest BCUT2D eigenvalue weighted by molar-refractivity contribution is 9.10. The van der Waals surface area contributed by atoms with Gasteiger partial charge in [-0.2, -0.15) is 5.10 Å². The van der Waals surface area contributed by atoms with Crippen LogP contribution >= 0.6 is 15.9 Å². The molecule has 0 aliphatic carbocycles. The van der Waals surface area contributed by atoms with Gasteiger partial charge in [-0.15, -0.1) is 0 Å². The Bertz CT molecular complexity index is 503. The Balaban J connectivity index is 2.46. The molecule has 2 aromatic heterocycles. The average molecular weight is 282 g/mol. The van der Waals surface area contributed by atoms with Gasteiger partial charge in [-0.25, -0.2) is 9.67 Å². The van der Waals surface area contributed by atoms with Crippen LogP contribution in [0.1, 0.15) is 17.1 Å². The van der Waals surface area contributed by atoms with Crippen LogP contribution in [0.5, 0.6) is 0 Å². The van der Waals surface area contributed by atoms with Gasteiger partial charge in [0.1, 0.15) is 0 Å². The van der Waals surface area contributed by atoms with Crippen LogP contribution in [0.15, 0.2) is 16.9 Å². The van der Waals surface area contributed by atoms with E-state index in [1.54, 1.807) is 17.1 Å². The van der Waals surface area contributed by atoms with Crippen molar-refractivity contribution in [2.75, 3.05) is 0 Å².